The summed E-state index contributed by atoms with van der Waals surface area (Å²) in [5.74, 6) is -0.844. The lowest BCUT2D eigenvalue weighted by Gasteiger charge is -2.33. The minimum Gasteiger partial charge on any atom is -0.369 e. The van der Waals surface area contributed by atoms with Crippen molar-refractivity contribution in [1.82, 2.24) is 15.6 Å². The topological polar surface area (TPSA) is 98.1 Å². The van der Waals surface area contributed by atoms with Gasteiger partial charge in [-0.2, -0.15) is 5.26 Å². The summed E-state index contributed by atoms with van der Waals surface area (Å²) in [5.41, 5.74) is 1.22. The average molecular weight is 395 g/mol. The van der Waals surface area contributed by atoms with E-state index >= 15 is 0 Å². The van der Waals surface area contributed by atoms with Gasteiger partial charge in [0.25, 0.3) is 5.91 Å². The van der Waals surface area contributed by atoms with E-state index in [1.807, 2.05) is 11.0 Å². The smallest absolute Gasteiger partial charge is 0.252 e. The first-order valence-electron chi connectivity index (χ1n) is 9.49. The molecule has 1 aliphatic heterocycles. The lowest BCUT2D eigenvalue weighted by Crippen LogP contribution is -2.42. The van der Waals surface area contributed by atoms with Crippen LogP contribution in [0.3, 0.4) is 0 Å². The van der Waals surface area contributed by atoms with Gasteiger partial charge in [0.2, 0.25) is 5.91 Å². The Bertz CT molecular complexity index is 905. The maximum absolute atomic E-state index is 14.2. The molecule has 1 fully saturated rings. The van der Waals surface area contributed by atoms with E-state index < -0.39 is 5.82 Å². The highest BCUT2D eigenvalue weighted by Gasteiger charge is 2.26. The molecule has 2 aromatic rings. The van der Waals surface area contributed by atoms with Gasteiger partial charge in [0.1, 0.15) is 5.82 Å². The zero-order valence-corrected chi connectivity index (χ0v) is 15.9. The molecule has 0 aliphatic carbocycles. The summed E-state index contributed by atoms with van der Waals surface area (Å²) in [6.45, 7) is 1.81. The molecule has 0 bridgehead atoms. The number of hydrogen-bond acceptors (Lipinski definition) is 5. The van der Waals surface area contributed by atoms with E-state index in [4.69, 9.17) is 5.26 Å². The number of rotatable bonds is 6. The number of benzene rings is 1. The van der Waals surface area contributed by atoms with Gasteiger partial charge in [-0.25, -0.2) is 4.39 Å². The summed E-state index contributed by atoms with van der Waals surface area (Å²) in [4.78, 5) is 30.0. The van der Waals surface area contributed by atoms with Crippen LogP contribution in [-0.4, -0.2) is 43.0 Å². The summed E-state index contributed by atoms with van der Waals surface area (Å²) in [6, 6.07) is 9.71. The van der Waals surface area contributed by atoms with Crippen LogP contribution < -0.4 is 15.5 Å². The van der Waals surface area contributed by atoms with Crippen LogP contribution in [-0.2, 0) is 4.79 Å². The lowest BCUT2D eigenvalue weighted by molar-refractivity contribution is -0.125. The Morgan fingerprint density at radius 2 is 1.97 bits per heavy atom. The lowest BCUT2D eigenvalue weighted by atomic mass is 9.95. The molecule has 1 aliphatic rings. The van der Waals surface area contributed by atoms with Crippen molar-refractivity contribution in [3.05, 3.63) is 59.7 Å². The fraction of sp³-hybridized carbons (Fsp3) is 0.333. The number of amides is 2. The van der Waals surface area contributed by atoms with Crippen molar-refractivity contribution in [3.63, 3.8) is 0 Å². The molecule has 0 spiro atoms. The first-order valence-corrected chi connectivity index (χ1v) is 9.49. The summed E-state index contributed by atoms with van der Waals surface area (Å²) in [7, 11) is 0. The third kappa shape index (κ3) is 5.29. The Morgan fingerprint density at radius 1 is 1.21 bits per heavy atom. The number of anilines is 1. The number of nitrogens with zero attached hydrogens (tertiary/aromatic N) is 3. The zero-order valence-electron chi connectivity index (χ0n) is 15.9. The number of nitrogens with one attached hydrogen (secondary N) is 2. The van der Waals surface area contributed by atoms with Crippen LogP contribution in [0.15, 0.2) is 42.7 Å². The quantitative estimate of drug-likeness (QED) is 0.728. The van der Waals surface area contributed by atoms with Gasteiger partial charge in [0.15, 0.2) is 0 Å². The number of hydrogen-bond donors (Lipinski definition) is 2. The summed E-state index contributed by atoms with van der Waals surface area (Å²) in [5, 5.41) is 14.4. The number of halogens is 1. The van der Waals surface area contributed by atoms with Gasteiger partial charge in [-0.1, -0.05) is 0 Å². The molecular formula is C21H22FN5O2. The molecule has 2 N–H and O–H groups in total. The third-order valence-electron chi connectivity index (χ3n) is 4.92. The number of carbonyl (C=O) groups is 2. The normalized spacial score (nSPS) is 14.1. The molecular weight excluding hydrogens is 373 g/mol. The van der Waals surface area contributed by atoms with Gasteiger partial charge in [-0.15, -0.1) is 0 Å². The summed E-state index contributed by atoms with van der Waals surface area (Å²) < 4.78 is 14.2. The van der Waals surface area contributed by atoms with E-state index in [1.54, 1.807) is 30.5 Å². The molecule has 7 nitrogen and oxygen atoms in total. The highest BCUT2D eigenvalue weighted by Crippen LogP contribution is 2.26. The molecule has 1 aromatic heterocycles. The highest BCUT2D eigenvalue weighted by atomic mass is 19.1. The van der Waals surface area contributed by atoms with E-state index in [1.165, 1.54) is 12.3 Å². The van der Waals surface area contributed by atoms with Gasteiger partial charge in [-0.05, 0) is 43.2 Å². The molecule has 150 valence electrons. The summed E-state index contributed by atoms with van der Waals surface area (Å²) >= 11 is 0. The fourth-order valence-electron chi connectivity index (χ4n) is 3.32. The molecule has 8 heteroatoms. The molecule has 0 saturated carbocycles. The number of aromatic nitrogens is 1. The van der Waals surface area contributed by atoms with E-state index in [9.17, 15) is 14.0 Å². The minimum absolute atomic E-state index is 0.0550. The van der Waals surface area contributed by atoms with Crippen molar-refractivity contribution in [2.45, 2.75) is 12.8 Å². The number of carbonyl (C=O) groups excluding carboxylic acids is 2. The molecule has 2 heterocycles. The Balaban J connectivity index is 1.40. The van der Waals surface area contributed by atoms with Gasteiger partial charge in [-0.3, -0.25) is 14.6 Å². The van der Waals surface area contributed by atoms with Crippen LogP contribution in [0.25, 0.3) is 0 Å². The molecule has 1 saturated heterocycles. The third-order valence-corrected chi connectivity index (χ3v) is 4.92. The first-order chi connectivity index (χ1) is 14.1. The van der Waals surface area contributed by atoms with E-state index in [-0.39, 0.29) is 23.3 Å². The Labute approximate surface area is 168 Å². The Morgan fingerprint density at radius 3 is 2.62 bits per heavy atom. The van der Waals surface area contributed by atoms with Crippen molar-refractivity contribution >= 4 is 17.5 Å². The largest absolute Gasteiger partial charge is 0.369 e. The van der Waals surface area contributed by atoms with Crippen molar-refractivity contribution in [1.29, 1.82) is 5.26 Å². The molecule has 29 heavy (non-hydrogen) atoms. The predicted octanol–water partition coefficient (Wildman–Crippen LogP) is 1.85. The van der Waals surface area contributed by atoms with Crippen LogP contribution in [0.5, 0.6) is 0 Å². The second kappa shape index (κ2) is 9.64. The van der Waals surface area contributed by atoms with Crippen molar-refractivity contribution < 1.29 is 14.0 Å². The Kier molecular flexibility index (Phi) is 6.74. The predicted molar refractivity (Wildman–Crippen MR) is 106 cm³/mol. The van der Waals surface area contributed by atoms with E-state index in [2.05, 4.69) is 15.6 Å². The van der Waals surface area contributed by atoms with Gasteiger partial charge < -0.3 is 15.5 Å². The Hall–Kier alpha value is -3.47. The monoisotopic (exact) mass is 395 g/mol. The molecule has 0 unspecified atom stereocenters. The molecule has 3 rings (SSSR count). The standard InChI is InChI=1S/C21H22FN5O2/c22-18-12-15(13-23)3-4-19(18)27-10-5-16(6-11-27)20(28)25-8-9-26-21(29)17-2-1-7-24-14-17/h1-4,7,12,14,16H,5-6,8-11H2,(H,25,28)(H,26,29). The van der Waals surface area contributed by atoms with Crippen LogP contribution in [0.2, 0.25) is 0 Å². The van der Waals surface area contributed by atoms with E-state index in [0.29, 0.717) is 50.3 Å². The van der Waals surface area contributed by atoms with Gasteiger partial charge >= 0.3 is 0 Å². The maximum Gasteiger partial charge on any atom is 0.252 e. The second-order valence-electron chi connectivity index (χ2n) is 6.83. The van der Waals surface area contributed by atoms with Crippen LogP contribution >= 0.6 is 0 Å². The number of pyridine rings is 1. The van der Waals surface area contributed by atoms with Crippen LogP contribution in [0.1, 0.15) is 28.8 Å². The van der Waals surface area contributed by atoms with E-state index in [0.717, 1.165) is 0 Å². The second-order valence-corrected chi connectivity index (χ2v) is 6.83. The highest BCUT2D eigenvalue weighted by molar-refractivity contribution is 5.93. The molecule has 0 radical (unpaired) electrons. The fourth-order valence-corrected chi connectivity index (χ4v) is 3.32. The van der Waals surface area contributed by atoms with Crippen LogP contribution in [0, 0.1) is 23.1 Å². The first kappa shape index (κ1) is 20.3. The van der Waals surface area contributed by atoms with Crippen molar-refractivity contribution in [3.8, 4) is 6.07 Å². The molecule has 0 atom stereocenters. The SMILES string of the molecule is N#Cc1ccc(N2CCC(C(=O)NCCNC(=O)c3cccnc3)CC2)c(F)c1. The number of nitriles is 1. The van der Waals surface area contributed by atoms with Crippen molar-refractivity contribution in [2.24, 2.45) is 5.92 Å². The maximum atomic E-state index is 14.2. The zero-order chi connectivity index (χ0) is 20.6. The van der Waals surface area contributed by atoms with Gasteiger partial charge in [0, 0.05) is 44.5 Å². The minimum atomic E-state index is -0.420. The molecule has 2 amide bonds. The van der Waals surface area contributed by atoms with Gasteiger partial charge in [0.05, 0.1) is 22.9 Å². The number of piperidine rings is 1. The van der Waals surface area contributed by atoms with Crippen molar-refractivity contribution in [2.75, 3.05) is 31.1 Å². The molecule has 1 aromatic carbocycles. The summed E-state index contributed by atoms with van der Waals surface area (Å²) in [6.07, 6.45) is 4.32. The van der Waals surface area contributed by atoms with Crippen LogP contribution in [0.4, 0.5) is 10.1 Å². The average Bonchev–Trinajstić information content (AvgIpc) is 2.77.